The molecule has 0 saturated heterocycles. The number of para-hydroxylation sites is 1. The van der Waals surface area contributed by atoms with Crippen molar-refractivity contribution in [2.45, 2.75) is 45.3 Å². The van der Waals surface area contributed by atoms with Gasteiger partial charge in [0.05, 0.1) is 0 Å². The van der Waals surface area contributed by atoms with E-state index in [2.05, 4.69) is 10.5 Å². The van der Waals surface area contributed by atoms with Crippen molar-refractivity contribution in [3.8, 4) is 0 Å². The molecule has 2 heterocycles. The van der Waals surface area contributed by atoms with Crippen LogP contribution in [0.1, 0.15) is 32.3 Å². The highest BCUT2D eigenvalue weighted by Gasteiger charge is 2.35. The van der Waals surface area contributed by atoms with Crippen LogP contribution in [0.3, 0.4) is 0 Å². The SMILES string of the molecule is C[C@H](OC(=O)C1=NNC(=O)CC1)C(=O)N1c2ccccc2C[C@@H]1C. The monoisotopic (exact) mass is 329 g/mol. The topological polar surface area (TPSA) is 88.1 Å². The number of carbonyl (C=O) groups excluding carboxylic acids is 3. The second-order valence-electron chi connectivity index (χ2n) is 6.03. The number of nitrogens with one attached hydrogen (secondary N) is 1. The minimum absolute atomic E-state index is 0.0161. The van der Waals surface area contributed by atoms with Gasteiger partial charge in [0, 0.05) is 24.6 Å². The lowest BCUT2D eigenvalue weighted by molar-refractivity contribution is -0.147. The van der Waals surface area contributed by atoms with E-state index in [9.17, 15) is 14.4 Å². The minimum atomic E-state index is -0.925. The summed E-state index contributed by atoms with van der Waals surface area (Å²) in [5, 5.41) is 3.69. The average Bonchev–Trinajstić information content (AvgIpc) is 2.90. The maximum absolute atomic E-state index is 12.7. The first-order chi connectivity index (χ1) is 11.5. The van der Waals surface area contributed by atoms with Crippen molar-refractivity contribution in [3.63, 3.8) is 0 Å². The zero-order valence-electron chi connectivity index (χ0n) is 13.6. The molecule has 3 rings (SSSR count). The third kappa shape index (κ3) is 3.02. The van der Waals surface area contributed by atoms with Gasteiger partial charge in [-0.3, -0.25) is 9.59 Å². The predicted octanol–water partition coefficient (Wildman–Crippen LogP) is 1.16. The number of carbonyl (C=O) groups is 3. The molecule has 1 aromatic carbocycles. The normalized spacial score (nSPS) is 20.8. The number of anilines is 1. The molecule has 2 atom stereocenters. The van der Waals surface area contributed by atoms with Gasteiger partial charge in [-0.05, 0) is 31.9 Å². The molecule has 0 aromatic heterocycles. The quantitative estimate of drug-likeness (QED) is 0.843. The molecule has 1 N–H and O–H groups in total. The fourth-order valence-corrected chi connectivity index (χ4v) is 3.00. The van der Waals surface area contributed by atoms with Crippen LogP contribution in [0.25, 0.3) is 0 Å². The van der Waals surface area contributed by atoms with Gasteiger partial charge in [-0.1, -0.05) is 18.2 Å². The highest BCUT2D eigenvalue weighted by atomic mass is 16.5. The summed E-state index contributed by atoms with van der Waals surface area (Å²) in [7, 11) is 0. The first-order valence-corrected chi connectivity index (χ1v) is 7.94. The molecule has 2 amide bonds. The fraction of sp³-hybridized carbons (Fsp3) is 0.412. The molecule has 0 bridgehead atoms. The van der Waals surface area contributed by atoms with E-state index in [0.29, 0.717) is 0 Å². The molecule has 7 nitrogen and oxygen atoms in total. The van der Waals surface area contributed by atoms with Gasteiger partial charge >= 0.3 is 5.97 Å². The Morgan fingerprint density at radius 3 is 2.79 bits per heavy atom. The largest absolute Gasteiger partial charge is 0.448 e. The van der Waals surface area contributed by atoms with Gasteiger partial charge in [0.15, 0.2) is 6.10 Å². The number of hydrogen-bond acceptors (Lipinski definition) is 5. The Balaban J connectivity index is 1.69. The van der Waals surface area contributed by atoms with Gasteiger partial charge in [0.25, 0.3) is 5.91 Å². The maximum Gasteiger partial charge on any atom is 0.355 e. The minimum Gasteiger partial charge on any atom is -0.448 e. The molecule has 7 heteroatoms. The zero-order valence-corrected chi connectivity index (χ0v) is 13.6. The molecular formula is C17H19N3O4. The second-order valence-corrected chi connectivity index (χ2v) is 6.03. The highest BCUT2D eigenvalue weighted by molar-refractivity contribution is 6.37. The van der Waals surface area contributed by atoms with Gasteiger partial charge < -0.3 is 9.64 Å². The number of rotatable bonds is 3. The first kappa shape index (κ1) is 16.2. The first-order valence-electron chi connectivity index (χ1n) is 7.94. The van der Waals surface area contributed by atoms with Gasteiger partial charge in [0.1, 0.15) is 5.71 Å². The third-order valence-electron chi connectivity index (χ3n) is 4.22. The number of ether oxygens (including phenoxy) is 1. The van der Waals surface area contributed by atoms with E-state index < -0.39 is 12.1 Å². The van der Waals surface area contributed by atoms with E-state index in [4.69, 9.17) is 4.74 Å². The zero-order chi connectivity index (χ0) is 17.3. The summed E-state index contributed by atoms with van der Waals surface area (Å²) in [6, 6.07) is 7.73. The van der Waals surface area contributed by atoms with Gasteiger partial charge in [0.2, 0.25) is 5.91 Å². The summed E-state index contributed by atoms with van der Waals surface area (Å²) >= 11 is 0. The maximum atomic E-state index is 12.7. The fourth-order valence-electron chi connectivity index (χ4n) is 3.00. The third-order valence-corrected chi connectivity index (χ3v) is 4.22. The number of nitrogens with zero attached hydrogens (tertiary/aromatic N) is 2. The smallest absolute Gasteiger partial charge is 0.355 e. The summed E-state index contributed by atoms with van der Waals surface area (Å²) in [6.45, 7) is 3.52. The Morgan fingerprint density at radius 1 is 1.33 bits per heavy atom. The van der Waals surface area contributed by atoms with Gasteiger partial charge in [-0.25, -0.2) is 10.2 Å². The van der Waals surface area contributed by atoms with Crippen LogP contribution < -0.4 is 10.3 Å². The summed E-state index contributed by atoms with van der Waals surface area (Å²) in [6.07, 6.45) is 0.259. The Kier molecular flexibility index (Phi) is 4.33. The molecule has 0 saturated carbocycles. The molecule has 0 unspecified atom stereocenters. The molecule has 1 aromatic rings. The van der Waals surface area contributed by atoms with Crippen molar-refractivity contribution >= 4 is 29.2 Å². The number of amides is 2. The van der Waals surface area contributed by atoms with Crippen LogP contribution >= 0.6 is 0 Å². The predicted molar refractivity (Wildman–Crippen MR) is 87.5 cm³/mol. The van der Waals surface area contributed by atoms with Gasteiger partial charge in [-0.2, -0.15) is 5.10 Å². The van der Waals surface area contributed by atoms with Crippen molar-refractivity contribution in [1.82, 2.24) is 5.43 Å². The molecule has 24 heavy (non-hydrogen) atoms. The van der Waals surface area contributed by atoms with Crippen molar-refractivity contribution in [2.75, 3.05) is 4.90 Å². The van der Waals surface area contributed by atoms with Crippen LogP contribution in [-0.4, -0.2) is 35.6 Å². The number of benzene rings is 1. The lowest BCUT2D eigenvalue weighted by Crippen LogP contribution is -2.44. The van der Waals surface area contributed by atoms with E-state index in [1.165, 1.54) is 0 Å². The van der Waals surface area contributed by atoms with E-state index in [-0.39, 0.29) is 36.4 Å². The van der Waals surface area contributed by atoms with E-state index in [1.807, 2.05) is 31.2 Å². The van der Waals surface area contributed by atoms with Crippen LogP contribution in [0.15, 0.2) is 29.4 Å². The number of esters is 1. The van der Waals surface area contributed by atoms with Crippen LogP contribution in [0, 0.1) is 0 Å². The average molecular weight is 329 g/mol. The summed E-state index contributed by atoms with van der Waals surface area (Å²) in [5.41, 5.74) is 4.34. The standard InChI is InChI=1S/C17H19N3O4/c1-10-9-12-5-3-4-6-14(12)20(10)16(22)11(2)24-17(23)13-7-8-15(21)19-18-13/h3-6,10-11H,7-9H2,1-2H3,(H,19,21)/t10-,11-/m0/s1. The lowest BCUT2D eigenvalue weighted by Gasteiger charge is -2.26. The van der Waals surface area contributed by atoms with Crippen molar-refractivity contribution < 1.29 is 19.1 Å². The summed E-state index contributed by atoms with van der Waals surface area (Å²) in [4.78, 5) is 37.6. The molecule has 2 aliphatic heterocycles. The number of hydrazone groups is 1. The van der Waals surface area contributed by atoms with Crippen LogP contribution in [0.5, 0.6) is 0 Å². The molecule has 2 aliphatic rings. The summed E-state index contributed by atoms with van der Waals surface area (Å²) in [5.74, 6) is -1.17. The van der Waals surface area contributed by atoms with Crippen molar-refractivity contribution in [2.24, 2.45) is 5.10 Å². The Labute approximate surface area is 139 Å². The van der Waals surface area contributed by atoms with Gasteiger partial charge in [-0.15, -0.1) is 0 Å². The molecule has 0 spiro atoms. The van der Waals surface area contributed by atoms with Crippen molar-refractivity contribution in [1.29, 1.82) is 0 Å². The molecule has 0 aliphatic carbocycles. The molecule has 0 radical (unpaired) electrons. The molecule has 126 valence electrons. The second kappa shape index (κ2) is 6.43. The Hall–Kier alpha value is -2.70. The summed E-state index contributed by atoms with van der Waals surface area (Å²) < 4.78 is 5.25. The molecular weight excluding hydrogens is 310 g/mol. The van der Waals surface area contributed by atoms with Crippen LogP contribution in [-0.2, 0) is 25.5 Å². The van der Waals surface area contributed by atoms with E-state index >= 15 is 0 Å². The van der Waals surface area contributed by atoms with Crippen LogP contribution in [0.4, 0.5) is 5.69 Å². The molecule has 0 fully saturated rings. The van der Waals surface area contributed by atoms with Crippen molar-refractivity contribution in [3.05, 3.63) is 29.8 Å². The Morgan fingerprint density at radius 2 is 2.08 bits per heavy atom. The van der Waals surface area contributed by atoms with Crippen LogP contribution in [0.2, 0.25) is 0 Å². The number of fused-ring (bicyclic) bond motifs is 1. The lowest BCUT2D eigenvalue weighted by atomic mass is 10.1. The van der Waals surface area contributed by atoms with E-state index in [0.717, 1.165) is 17.7 Å². The van der Waals surface area contributed by atoms with E-state index in [1.54, 1.807) is 11.8 Å². The Bertz CT molecular complexity index is 728. The highest BCUT2D eigenvalue weighted by Crippen LogP contribution is 2.32. The number of hydrogen-bond donors (Lipinski definition) is 1.